The highest BCUT2D eigenvalue weighted by molar-refractivity contribution is 5.92. The molecule has 0 aliphatic carbocycles. The minimum absolute atomic E-state index is 0.118. The van der Waals surface area contributed by atoms with Gasteiger partial charge in [0.25, 0.3) is 0 Å². The van der Waals surface area contributed by atoms with E-state index in [-0.39, 0.29) is 12.1 Å². The van der Waals surface area contributed by atoms with E-state index in [2.05, 4.69) is 38.1 Å². The molecule has 0 fully saturated rings. The third kappa shape index (κ3) is 10.4. The van der Waals surface area contributed by atoms with Crippen LogP contribution in [-0.2, 0) is 11.2 Å². The molecular weight excluding hydrogens is 484 g/mol. The molecule has 208 valence electrons. The molecule has 0 N–H and O–H groups in total. The fourth-order valence-electron chi connectivity index (χ4n) is 4.59. The second-order valence-electron chi connectivity index (χ2n) is 10.4. The first-order valence-corrected chi connectivity index (χ1v) is 14.7. The number of hydrogen-bond acceptors (Lipinski definition) is 4. The van der Waals surface area contributed by atoms with Gasteiger partial charge in [-0.2, -0.15) is 0 Å². The number of aryl methyl sites for hydroxylation is 1. The average Bonchev–Trinajstić information content (AvgIpc) is 2.96. The van der Waals surface area contributed by atoms with Gasteiger partial charge in [-0.3, -0.25) is 0 Å². The first-order valence-electron chi connectivity index (χ1n) is 14.7. The molecule has 0 amide bonds. The lowest BCUT2D eigenvalue weighted by Gasteiger charge is -2.13. The number of carbonyl (C=O) groups is 2. The highest BCUT2D eigenvalue weighted by Crippen LogP contribution is 2.22. The van der Waals surface area contributed by atoms with Gasteiger partial charge in [-0.1, -0.05) is 95.2 Å². The molecular formula is C35H44O4. The third-order valence-electron chi connectivity index (χ3n) is 7.05. The average molecular weight is 529 g/mol. The zero-order chi connectivity index (χ0) is 27.9. The summed E-state index contributed by atoms with van der Waals surface area (Å²) in [5.41, 5.74) is 4.48. The van der Waals surface area contributed by atoms with Gasteiger partial charge < -0.3 is 9.47 Å². The Morgan fingerprint density at radius 2 is 1.13 bits per heavy atom. The monoisotopic (exact) mass is 528 g/mol. The van der Waals surface area contributed by atoms with Crippen molar-refractivity contribution in [1.29, 1.82) is 0 Å². The van der Waals surface area contributed by atoms with Crippen LogP contribution in [0.1, 0.15) is 111 Å². The molecule has 3 aromatic carbocycles. The Hall–Kier alpha value is -3.40. The van der Waals surface area contributed by atoms with Gasteiger partial charge in [0.05, 0.1) is 17.2 Å². The summed E-state index contributed by atoms with van der Waals surface area (Å²) in [5.74, 6) is -0.406. The summed E-state index contributed by atoms with van der Waals surface area (Å²) in [6.45, 7) is 6.32. The smallest absolute Gasteiger partial charge is 0.343 e. The van der Waals surface area contributed by atoms with Gasteiger partial charge in [-0.05, 0) is 85.7 Å². The zero-order valence-electron chi connectivity index (χ0n) is 23.9. The van der Waals surface area contributed by atoms with Crippen LogP contribution in [0.25, 0.3) is 11.1 Å². The second kappa shape index (κ2) is 16.5. The van der Waals surface area contributed by atoms with Crippen LogP contribution in [0.5, 0.6) is 5.75 Å². The minimum atomic E-state index is -0.435. The van der Waals surface area contributed by atoms with Crippen LogP contribution in [0.4, 0.5) is 0 Å². The van der Waals surface area contributed by atoms with Crippen LogP contribution in [-0.4, -0.2) is 18.0 Å². The number of carbonyl (C=O) groups excluding carboxylic acids is 2. The van der Waals surface area contributed by atoms with E-state index in [1.54, 1.807) is 36.4 Å². The first kappa shape index (κ1) is 30.1. The number of unbranched alkanes of at least 4 members (excludes halogenated alkanes) is 7. The van der Waals surface area contributed by atoms with E-state index >= 15 is 0 Å². The highest BCUT2D eigenvalue weighted by atomic mass is 16.5. The van der Waals surface area contributed by atoms with Crippen LogP contribution < -0.4 is 4.74 Å². The number of benzene rings is 3. The maximum atomic E-state index is 12.7. The topological polar surface area (TPSA) is 52.6 Å². The van der Waals surface area contributed by atoms with Crippen LogP contribution in [0, 0.1) is 0 Å². The van der Waals surface area contributed by atoms with Crippen molar-refractivity contribution in [1.82, 2.24) is 0 Å². The van der Waals surface area contributed by atoms with Gasteiger partial charge in [0, 0.05) is 0 Å². The van der Waals surface area contributed by atoms with E-state index in [4.69, 9.17) is 9.47 Å². The predicted molar refractivity (Wildman–Crippen MR) is 159 cm³/mol. The predicted octanol–water partition coefficient (Wildman–Crippen LogP) is 9.60. The van der Waals surface area contributed by atoms with Gasteiger partial charge in [0.2, 0.25) is 0 Å². The van der Waals surface area contributed by atoms with Crippen molar-refractivity contribution in [3.05, 3.63) is 89.5 Å². The van der Waals surface area contributed by atoms with Gasteiger partial charge in [-0.15, -0.1) is 0 Å². The van der Waals surface area contributed by atoms with E-state index in [0.717, 1.165) is 43.2 Å². The van der Waals surface area contributed by atoms with Crippen molar-refractivity contribution in [3.8, 4) is 16.9 Å². The van der Waals surface area contributed by atoms with Gasteiger partial charge in [0.1, 0.15) is 5.75 Å². The molecule has 1 atom stereocenters. The lowest BCUT2D eigenvalue weighted by atomic mass is 10.00. The molecule has 0 aliphatic rings. The van der Waals surface area contributed by atoms with E-state index in [0.29, 0.717) is 16.9 Å². The number of rotatable bonds is 16. The normalized spacial score (nSPS) is 11.7. The second-order valence-corrected chi connectivity index (χ2v) is 10.4. The lowest BCUT2D eigenvalue weighted by Crippen LogP contribution is -2.15. The summed E-state index contributed by atoms with van der Waals surface area (Å²) in [5, 5.41) is 0. The summed E-state index contributed by atoms with van der Waals surface area (Å²) in [7, 11) is 0. The van der Waals surface area contributed by atoms with Crippen LogP contribution in [0.2, 0.25) is 0 Å². The van der Waals surface area contributed by atoms with Crippen molar-refractivity contribution in [2.45, 2.75) is 97.5 Å². The molecule has 4 heteroatoms. The Morgan fingerprint density at radius 1 is 0.615 bits per heavy atom. The highest BCUT2D eigenvalue weighted by Gasteiger charge is 2.14. The first-order chi connectivity index (χ1) is 19.0. The fourth-order valence-corrected chi connectivity index (χ4v) is 4.59. The summed E-state index contributed by atoms with van der Waals surface area (Å²) < 4.78 is 11.0. The molecule has 39 heavy (non-hydrogen) atoms. The lowest BCUT2D eigenvalue weighted by molar-refractivity contribution is 0.0319. The fraction of sp³-hybridized carbons (Fsp3) is 0.429. The minimum Gasteiger partial charge on any atom is -0.459 e. The Morgan fingerprint density at radius 3 is 1.77 bits per heavy atom. The van der Waals surface area contributed by atoms with Crippen LogP contribution >= 0.6 is 0 Å². The van der Waals surface area contributed by atoms with E-state index < -0.39 is 5.97 Å². The van der Waals surface area contributed by atoms with Crippen molar-refractivity contribution in [2.24, 2.45) is 0 Å². The molecule has 0 radical (unpaired) electrons. The van der Waals surface area contributed by atoms with Gasteiger partial charge >= 0.3 is 11.9 Å². The van der Waals surface area contributed by atoms with Crippen molar-refractivity contribution in [3.63, 3.8) is 0 Å². The Balaban J connectivity index is 1.48. The Kier molecular flexibility index (Phi) is 12.8. The molecule has 3 rings (SSSR count). The summed E-state index contributed by atoms with van der Waals surface area (Å²) >= 11 is 0. The van der Waals surface area contributed by atoms with Gasteiger partial charge in [-0.25, -0.2) is 9.59 Å². The maximum Gasteiger partial charge on any atom is 0.343 e. The largest absolute Gasteiger partial charge is 0.459 e. The van der Waals surface area contributed by atoms with E-state index in [9.17, 15) is 9.59 Å². The molecule has 1 unspecified atom stereocenters. The van der Waals surface area contributed by atoms with Crippen molar-refractivity contribution in [2.75, 3.05) is 0 Å². The molecule has 0 spiro atoms. The van der Waals surface area contributed by atoms with Crippen LogP contribution in [0.15, 0.2) is 72.8 Å². The molecule has 0 bridgehead atoms. The van der Waals surface area contributed by atoms with Crippen molar-refractivity contribution >= 4 is 11.9 Å². The van der Waals surface area contributed by atoms with E-state index in [1.165, 1.54) is 44.1 Å². The Labute approximate surface area is 234 Å². The summed E-state index contributed by atoms with van der Waals surface area (Å²) in [6, 6.07) is 22.7. The summed E-state index contributed by atoms with van der Waals surface area (Å²) in [4.78, 5) is 25.0. The van der Waals surface area contributed by atoms with E-state index in [1.807, 2.05) is 19.1 Å². The summed E-state index contributed by atoms with van der Waals surface area (Å²) in [6.07, 6.45) is 13.0. The third-order valence-corrected chi connectivity index (χ3v) is 7.05. The molecule has 0 saturated heterocycles. The molecule has 4 nitrogen and oxygen atoms in total. The maximum absolute atomic E-state index is 12.7. The SMILES string of the molecule is CCCCCCCCc1ccc(-c2ccc(C(=O)Oc3ccc(C(=O)OC(C)CCCCC)cc3)cc2)cc1. The molecule has 0 saturated carbocycles. The quantitative estimate of drug-likeness (QED) is 0.105. The van der Waals surface area contributed by atoms with Gasteiger partial charge in [0.15, 0.2) is 0 Å². The number of hydrogen-bond donors (Lipinski definition) is 0. The Bertz CT molecular complexity index is 1130. The standard InChI is InChI=1S/C35H44O4/c1-4-6-8-9-10-12-14-28-15-17-29(18-16-28)30-19-21-31(22-20-30)35(37)39-33-25-23-32(24-26-33)34(36)38-27(3)13-11-7-5-2/h15-27H,4-14H2,1-3H3. The molecule has 3 aromatic rings. The van der Waals surface area contributed by atoms with Crippen LogP contribution in [0.3, 0.4) is 0 Å². The molecule has 0 heterocycles. The zero-order valence-corrected chi connectivity index (χ0v) is 23.9. The molecule has 0 aliphatic heterocycles. The molecule has 0 aromatic heterocycles. The van der Waals surface area contributed by atoms with Crippen molar-refractivity contribution < 1.29 is 19.1 Å². The number of ether oxygens (including phenoxy) is 2. The number of esters is 2.